The number of carbonyl (C=O) groups is 1. The highest BCUT2D eigenvalue weighted by molar-refractivity contribution is 7.89. The molecule has 154 valence electrons. The van der Waals surface area contributed by atoms with Crippen LogP contribution in [0.1, 0.15) is 25.0 Å². The summed E-state index contributed by atoms with van der Waals surface area (Å²) < 4.78 is 27.3. The quantitative estimate of drug-likeness (QED) is 0.541. The van der Waals surface area contributed by atoms with E-state index in [-0.39, 0.29) is 23.0 Å². The number of rotatable bonds is 7. The lowest BCUT2D eigenvalue weighted by molar-refractivity contribution is -0.384. The third kappa shape index (κ3) is 4.96. The first-order valence-electron chi connectivity index (χ1n) is 9.33. The molecule has 0 bridgehead atoms. The van der Waals surface area contributed by atoms with Crippen molar-refractivity contribution in [3.63, 3.8) is 0 Å². The largest absolute Gasteiger partial charge is 0.354 e. The van der Waals surface area contributed by atoms with Crippen LogP contribution in [0.2, 0.25) is 0 Å². The summed E-state index contributed by atoms with van der Waals surface area (Å²) in [6.45, 7) is 0.593. The average molecular weight is 418 g/mol. The molecule has 0 spiro atoms. The number of nitrogens with one attached hydrogen (secondary N) is 1. The first-order chi connectivity index (χ1) is 13.9. The van der Waals surface area contributed by atoms with Crippen LogP contribution in [0.15, 0.2) is 53.6 Å². The van der Waals surface area contributed by atoms with Crippen molar-refractivity contribution in [1.82, 2.24) is 14.6 Å². The Bertz CT molecular complexity index is 964. The third-order valence-corrected chi connectivity index (χ3v) is 6.74. The molecule has 0 radical (unpaired) electrons. The number of benzene rings is 1. The Hall–Kier alpha value is -2.85. The van der Waals surface area contributed by atoms with Crippen LogP contribution in [-0.2, 0) is 21.2 Å². The summed E-state index contributed by atoms with van der Waals surface area (Å²) in [5.74, 6) is -0.342. The molecule has 1 N–H and O–H groups in total. The zero-order chi connectivity index (χ0) is 20.9. The molecule has 1 aliphatic heterocycles. The fourth-order valence-corrected chi connectivity index (χ4v) is 4.96. The standard InChI is InChI=1S/C19H22N4O5S/c24-19(21-13-11-15-5-1-3-12-20-15)18-6-2-4-14-22(18)29(27,28)17-9-7-16(8-10-17)23(25)26/h1,3,5,7-10,12,18H,2,4,6,11,13-14H2,(H,21,24)/t18-/m1/s1. The number of nitro groups is 1. The molecule has 1 fully saturated rings. The predicted octanol–water partition coefficient (Wildman–Crippen LogP) is 1.89. The molecule has 10 heteroatoms. The maximum absolute atomic E-state index is 13.0. The summed E-state index contributed by atoms with van der Waals surface area (Å²) in [4.78, 5) is 27.0. The number of hydrogen-bond donors (Lipinski definition) is 1. The second kappa shape index (κ2) is 9.10. The minimum Gasteiger partial charge on any atom is -0.354 e. The summed E-state index contributed by atoms with van der Waals surface area (Å²) in [5, 5.41) is 13.6. The van der Waals surface area contributed by atoms with E-state index in [0.29, 0.717) is 25.8 Å². The first-order valence-corrected chi connectivity index (χ1v) is 10.8. The highest BCUT2D eigenvalue weighted by Crippen LogP contribution is 2.26. The number of nitrogens with zero attached hydrogens (tertiary/aromatic N) is 3. The number of non-ortho nitro benzene ring substituents is 1. The number of amides is 1. The fraction of sp³-hybridized carbons (Fsp3) is 0.368. The van der Waals surface area contributed by atoms with Gasteiger partial charge in [-0.3, -0.25) is 19.9 Å². The molecule has 29 heavy (non-hydrogen) atoms. The summed E-state index contributed by atoms with van der Waals surface area (Å²) in [7, 11) is -3.94. The topological polar surface area (TPSA) is 123 Å². The van der Waals surface area contributed by atoms with Gasteiger partial charge in [-0.15, -0.1) is 0 Å². The van der Waals surface area contributed by atoms with Gasteiger partial charge in [-0.25, -0.2) is 8.42 Å². The van der Waals surface area contributed by atoms with Gasteiger partial charge in [0.05, 0.1) is 9.82 Å². The number of nitro benzene ring substituents is 1. The Balaban J connectivity index is 1.70. The maximum Gasteiger partial charge on any atom is 0.269 e. The van der Waals surface area contributed by atoms with Gasteiger partial charge in [0.25, 0.3) is 5.69 Å². The van der Waals surface area contributed by atoms with Crippen LogP contribution in [0.3, 0.4) is 0 Å². The van der Waals surface area contributed by atoms with Gasteiger partial charge < -0.3 is 5.32 Å². The monoisotopic (exact) mass is 418 g/mol. The molecule has 1 aliphatic rings. The minimum atomic E-state index is -3.94. The van der Waals surface area contributed by atoms with Crippen LogP contribution in [0.4, 0.5) is 5.69 Å². The van der Waals surface area contributed by atoms with Gasteiger partial charge in [-0.2, -0.15) is 4.31 Å². The van der Waals surface area contributed by atoms with Crippen molar-refractivity contribution < 1.29 is 18.1 Å². The first kappa shape index (κ1) is 20.9. The lowest BCUT2D eigenvalue weighted by atomic mass is 10.0. The van der Waals surface area contributed by atoms with Crippen molar-refractivity contribution in [2.24, 2.45) is 0 Å². The van der Waals surface area contributed by atoms with E-state index in [2.05, 4.69) is 10.3 Å². The molecule has 1 atom stereocenters. The van der Waals surface area contributed by atoms with E-state index in [1.807, 2.05) is 18.2 Å². The zero-order valence-corrected chi connectivity index (χ0v) is 16.5. The van der Waals surface area contributed by atoms with Crippen LogP contribution >= 0.6 is 0 Å². The van der Waals surface area contributed by atoms with Gasteiger partial charge in [0, 0.05) is 43.5 Å². The second-order valence-electron chi connectivity index (χ2n) is 6.74. The number of hydrogen-bond acceptors (Lipinski definition) is 6. The molecule has 1 aromatic heterocycles. The highest BCUT2D eigenvalue weighted by atomic mass is 32.2. The van der Waals surface area contributed by atoms with Crippen molar-refractivity contribution >= 4 is 21.6 Å². The maximum atomic E-state index is 13.0. The SMILES string of the molecule is O=C(NCCc1ccccn1)[C@H]1CCCCN1S(=O)(=O)c1ccc([N+](=O)[O-])cc1. The lowest BCUT2D eigenvalue weighted by Crippen LogP contribution is -2.52. The molecule has 0 aliphatic carbocycles. The molecule has 1 aromatic carbocycles. The average Bonchev–Trinajstić information content (AvgIpc) is 2.74. The zero-order valence-electron chi connectivity index (χ0n) is 15.7. The number of pyridine rings is 1. The molecule has 0 unspecified atom stereocenters. The third-order valence-electron chi connectivity index (χ3n) is 4.82. The Kier molecular flexibility index (Phi) is 6.55. The van der Waals surface area contributed by atoms with Crippen molar-refractivity contribution in [2.45, 2.75) is 36.6 Å². The van der Waals surface area contributed by atoms with Crippen molar-refractivity contribution in [2.75, 3.05) is 13.1 Å². The van der Waals surface area contributed by atoms with E-state index < -0.39 is 21.0 Å². The number of piperidine rings is 1. The van der Waals surface area contributed by atoms with Gasteiger partial charge in [0.2, 0.25) is 15.9 Å². The molecule has 3 rings (SSSR count). The van der Waals surface area contributed by atoms with Gasteiger partial charge in [-0.05, 0) is 37.1 Å². The van der Waals surface area contributed by atoms with Gasteiger partial charge in [0.1, 0.15) is 6.04 Å². The second-order valence-corrected chi connectivity index (χ2v) is 8.63. The number of aromatic nitrogens is 1. The summed E-state index contributed by atoms with van der Waals surface area (Å²) in [5.41, 5.74) is 0.651. The molecule has 1 saturated heterocycles. The normalized spacial score (nSPS) is 17.6. The smallest absolute Gasteiger partial charge is 0.269 e. The van der Waals surface area contributed by atoms with E-state index in [0.717, 1.165) is 24.2 Å². The van der Waals surface area contributed by atoms with Crippen LogP contribution in [0.25, 0.3) is 0 Å². The van der Waals surface area contributed by atoms with E-state index >= 15 is 0 Å². The van der Waals surface area contributed by atoms with Crippen molar-refractivity contribution in [3.05, 3.63) is 64.5 Å². The lowest BCUT2D eigenvalue weighted by Gasteiger charge is -2.33. The van der Waals surface area contributed by atoms with Crippen LogP contribution in [-0.4, -0.2) is 47.7 Å². The van der Waals surface area contributed by atoms with Crippen LogP contribution in [0, 0.1) is 10.1 Å². The van der Waals surface area contributed by atoms with Crippen molar-refractivity contribution in [1.29, 1.82) is 0 Å². The molecular formula is C19H22N4O5S. The Morgan fingerprint density at radius 3 is 2.62 bits per heavy atom. The van der Waals surface area contributed by atoms with E-state index in [1.54, 1.807) is 6.20 Å². The van der Waals surface area contributed by atoms with Gasteiger partial charge >= 0.3 is 0 Å². The van der Waals surface area contributed by atoms with Gasteiger partial charge in [-0.1, -0.05) is 12.5 Å². The molecule has 0 saturated carbocycles. The van der Waals surface area contributed by atoms with Crippen LogP contribution < -0.4 is 5.32 Å². The van der Waals surface area contributed by atoms with E-state index in [4.69, 9.17) is 0 Å². The summed E-state index contributed by atoms with van der Waals surface area (Å²) in [6, 6.07) is 9.45. The fourth-order valence-electron chi connectivity index (χ4n) is 3.31. The highest BCUT2D eigenvalue weighted by Gasteiger charge is 2.37. The molecule has 1 amide bonds. The van der Waals surface area contributed by atoms with Gasteiger partial charge in [0.15, 0.2) is 0 Å². The Labute approximate surface area is 169 Å². The molecule has 9 nitrogen and oxygen atoms in total. The number of sulfonamides is 1. The van der Waals surface area contributed by atoms with E-state index in [9.17, 15) is 23.3 Å². The Morgan fingerprint density at radius 2 is 1.97 bits per heavy atom. The predicted molar refractivity (Wildman–Crippen MR) is 106 cm³/mol. The number of carbonyl (C=O) groups excluding carboxylic acids is 1. The van der Waals surface area contributed by atoms with Crippen molar-refractivity contribution in [3.8, 4) is 0 Å². The summed E-state index contributed by atoms with van der Waals surface area (Å²) in [6.07, 6.45) is 4.07. The molecule has 2 aromatic rings. The summed E-state index contributed by atoms with van der Waals surface area (Å²) >= 11 is 0. The Morgan fingerprint density at radius 1 is 1.21 bits per heavy atom. The molecule has 2 heterocycles. The van der Waals surface area contributed by atoms with Crippen LogP contribution in [0.5, 0.6) is 0 Å². The minimum absolute atomic E-state index is 0.0590. The molecular weight excluding hydrogens is 396 g/mol. The van der Waals surface area contributed by atoms with E-state index in [1.165, 1.54) is 16.4 Å².